The first-order valence-electron chi connectivity index (χ1n) is 7.53. The van der Waals surface area contributed by atoms with E-state index >= 15 is 0 Å². The Hall–Kier alpha value is -1.71. The molecule has 0 atom stereocenters. The largest absolute Gasteiger partial charge is 0.326 e. The average molecular weight is 284 g/mol. The van der Waals surface area contributed by atoms with E-state index in [1.165, 1.54) is 17.2 Å². The van der Waals surface area contributed by atoms with Gasteiger partial charge in [0.05, 0.1) is 0 Å². The Morgan fingerprint density at radius 1 is 1.05 bits per heavy atom. The Bertz CT molecular complexity index is 624. The molecule has 1 heterocycles. The van der Waals surface area contributed by atoms with Crippen molar-refractivity contribution in [1.82, 2.24) is 4.90 Å². The Morgan fingerprint density at radius 3 is 2.67 bits per heavy atom. The molecular weight excluding hydrogens is 263 g/mol. The van der Waals surface area contributed by atoms with E-state index in [4.69, 9.17) is 5.73 Å². The van der Waals surface area contributed by atoms with Crippen LogP contribution < -0.4 is 5.73 Å². The normalized spacial score (nSPS) is 15.5. The summed E-state index contributed by atoms with van der Waals surface area (Å²) in [6.07, 6.45) is 2.30. The molecule has 0 radical (unpaired) electrons. The smallest absolute Gasteiger partial charge is 0.123 e. The van der Waals surface area contributed by atoms with Gasteiger partial charge in [0.2, 0.25) is 0 Å². The quantitative estimate of drug-likeness (QED) is 0.937. The maximum absolute atomic E-state index is 13.3. The van der Waals surface area contributed by atoms with Crippen molar-refractivity contribution in [2.75, 3.05) is 6.54 Å². The van der Waals surface area contributed by atoms with Gasteiger partial charge in [-0.15, -0.1) is 0 Å². The molecule has 0 fully saturated rings. The van der Waals surface area contributed by atoms with Gasteiger partial charge in [-0.25, -0.2) is 4.39 Å². The molecule has 0 amide bonds. The van der Waals surface area contributed by atoms with Crippen molar-refractivity contribution < 1.29 is 4.39 Å². The third kappa shape index (κ3) is 3.31. The van der Waals surface area contributed by atoms with Crippen molar-refractivity contribution in [1.29, 1.82) is 0 Å². The van der Waals surface area contributed by atoms with E-state index in [1.807, 2.05) is 6.07 Å². The lowest BCUT2D eigenvalue weighted by atomic mass is 10.0. The highest BCUT2D eigenvalue weighted by Gasteiger charge is 2.15. The zero-order valence-corrected chi connectivity index (χ0v) is 12.2. The van der Waals surface area contributed by atoms with Crippen LogP contribution in [0.25, 0.3) is 0 Å². The van der Waals surface area contributed by atoms with Crippen LogP contribution in [0.15, 0.2) is 42.5 Å². The third-order valence-corrected chi connectivity index (χ3v) is 4.21. The summed E-state index contributed by atoms with van der Waals surface area (Å²) in [5.74, 6) is -0.208. The summed E-state index contributed by atoms with van der Waals surface area (Å²) in [6, 6.07) is 13.6. The van der Waals surface area contributed by atoms with E-state index in [1.54, 1.807) is 6.07 Å². The van der Waals surface area contributed by atoms with Crippen molar-refractivity contribution in [3.8, 4) is 0 Å². The molecule has 0 saturated carbocycles. The number of halogens is 1. The second kappa shape index (κ2) is 6.37. The number of benzene rings is 2. The van der Waals surface area contributed by atoms with Gasteiger partial charge in [0, 0.05) is 19.6 Å². The summed E-state index contributed by atoms with van der Waals surface area (Å²) in [7, 11) is 0. The molecule has 2 nitrogen and oxygen atoms in total. The van der Waals surface area contributed by atoms with Crippen LogP contribution in [0.3, 0.4) is 0 Å². The lowest BCUT2D eigenvalue weighted by molar-refractivity contribution is 0.260. The summed E-state index contributed by atoms with van der Waals surface area (Å²) >= 11 is 0. The fraction of sp³-hybridized carbons (Fsp3) is 0.333. The highest BCUT2D eigenvalue weighted by molar-refractivity contribution is 5.30. The molecule has 0 aromatic heterocycles. The summed E-state index contributed by atoms with van der Waals surface area (Å²) in [6.45, 7) is 3.24. The summed E-state index contributed by atoms with van der Waals surface area (Å²) in [5, 5.41) is 0. The zero-order chi connectivity index (χ0) is 14.7. The van der Waals surface area contributed by atoms with Gasteiger partial charge in [-0.1, -0.05) is 30.3 Å². The minimum atomic E-state index is -0.208. The predicted octanol–water partition coefficient (Wildman–Crippen LogP) is 3.23. The van der Waals surface area contributed by atoms with E-state index < -0.39 is 0 Å². The van der Waals surface area contributed by atoms with E-state index in [2.05, 4.69) is 29.2 Å². The molecule has 110 valence electrons. The van der Waals surface area contributed by atoms with E-state index in [0.717, 1.165) is 43.6 Å². The fourth-order valence-corrected chi connectivity index (χ4v) is 3.08. The number of fused-ring (bicyclic) bond motifs is 1. The van der Waals surface area contributed by atoms with Crippen molar-refractivity contribution in [3.05, 3.63) is 70.5 Å². The first-order chi connectivity index (χ1) is 10.3. The number of nitrogens with two attached hydrogens (primary N) is 1. The third-order valence-electron chi connectivity index (χ3n) is 4.21. The lowest BCUT2D eigenvalue weighted by Gasteiger charge is -2.22. The first-order valence-corrected chi connectivity index (χ1v) is 7.53. The molecule has 3 heteroatoms. The van der Waals surface area contributed by atoms with Gasteiger partial charge in [-0.05, 0) is 53.8 Å². The molecule has 0 aliphatic carbocycles. The van der Waals surface area contributed by atoms with Crippen molar-refractivity contribution in [2.45, 2.75) is 32.5 Å². The molecular formula is C18H21FN2. The Kier molecular flexibility index (Phi) is 4.32. The summed E-state index contributed by atoms with van der Waals surface area (Å²) in [5.41, 5.74) is 10.7. The highest BCUT2D eigenvalue weighted by atomic mass is 19.1. The molecule has 21 heavy (non-hydrogen) atoms. The topological polar surface area (TPSA) is 29.3 Å². The lowest BCUT2D eigenvalue weighted by Crippen LogP contribution is -2.23. The van der Waals surface area contributed by atoms with E-state index in [9.17, 15) is 4.39 Å². The zero-order valence-electron chi connectivity index (χ0n) is 12.2. The van der Waals surface area contributed by atoms with Gasteiger partial charge in [0.1, 0.15) is 5.82 Å². The van der Waals surface area contributed by atoms with Crippen LogP contribution in [-0.4, -0.2) is 11.4 Å². The van der Waals surface area contributed by atoms with Gasteiger partial charge in [0.15, 0.2) is 0 Å². The molecule has 2 aromatic rings. The maximum atomic E-state index is 13.3. The molecule has 0 spiro atoms. The van der Waals surface area contributed by atoms with E-state index in [-0.39, 0.29) is 5.82 Å². The molecule has 2 N–H and O–H groups in total. The summed E-state index contributed by atoms with van der Waals surface area (Å²) in [4.78, 5) is 2.43. The molecule has 3 rings (SSSR count). The monoisotopic (exact) mass is 284 g/mol. The van der Waals surface area contributed by atoms with Crippen LogP contribution in [0.4, 0.5) is 4.39 Å². The van der Waals surface area contributed by atoms with Crippen LogP contribution in [0.2, 0.25) is 0 Å². The maximum Gasteiger partial charge on any atom is 0.123 e. The number of rotatable bonds is 3. The summed E-state index contributed by atoms with van der Waals surface area (Å²) < 4.78 is 13.3. The Morgan fingerprint density at radius 2 is 1.86 bits per heavy atom. The SMILES string of the molecule is NCc1cc(F)ccc1CN1CCCc2ccccc2C1. The van der Waals surface area contributed by atoms with Crippen LogP contribution in [-0.2, 0) is 26.1 Å². The first kappa shape index (κ1) is 14.2. The number of hydrogen-bond acceptors (Lipinski definition) is 2. The van der Waals surface area contributed by atoms with E-state index in [0.29, 0.717) is 6.54 Å². The Labute approximate surface area is 125 Å². The van der Waals surface area contributed by atoms with Crippen molar-refractivity contribution in [2.24, 2.45) is 5.73 Å². The van der Waals surface area contributed by atoms with Gasteiger partial charge in [-0.3, -0.25) is 4.90 Å². The molecule has 0 saturated heterocycles. The predicted molar refractivity (Wildman–Crippen MR) is 83.2 cm³/mol. The number of hydrogen-bond donors (Lipinski definition) is 1. The van der Waals surface area contributed by atoms with Crippen molar-refractivity contribution in [3.63, 3.8) is 0 Å². The standard InChI is InChI=1S/C18H21FN2/c19-18-8-7-16(17(10-18)11-20)13-21-9-3-6-14-4-1-2-5-15(14)12-21/h1-2,4-5,7-8,10H,3,6,9,11-13,20H2. The number of aryl methyl sites for hydroxylation is 1. The fourth-order valence-electron chi connectivity index (χ4n) is 3.08. The average Bonchev–Trinajstić information content (AvgIpc) is 2.70. The molecule has 2 aromatic carbocycles. The minimum absolute atomic E-state index is 0.208. The van der Waals surface area contributed by atoms with Crippen LogP contribution in [0, 0.1) is 5.82 Å². The van der Waals surface area contributed by atoms with Gasteiger partial charge in [-0.2, -0.15) is 0 Å². The van der Waals surface area contributed by atoms with Crippen LogP contribution in [0.1, 0.15) is 28.7 Å². The van der Waals surface area contributed by atoms with Gasteiger partial charge in [0.25, 0.3) is 0 Å². The van der Waals surface area contributed by atoms with Crippen LogP contribution >= 0.6 is 0 Å². The molecule has 1 aliphatic rings. The number of nitrogens with zero attached hydrogens (tertiary/aromatic N) is 1. The Balaban J connectivity index is 1.79. The molecule has 0 bridgehead atoms. The minimum Gasteiger partial charge on any atom is -0.326 e. The van der Waals surface area contributed by atoms with Crippen LogP contribution in [0.5, 0.6) is 0 Å². The van der Waals surface area contributed by atoms with Crippen molar-refractivity contribution >= 4 is 0 Å². The molecule has 0 unspecified atom stereocenters. The second-order valence-electron chi connectivity index (χ2n) is 5.70. The molecule has 1 aliphatic heterocycles. The highest BCUT2D eigenvalue weighted by Crippen LogP contribution is 2.21. The second-order valence-corrected chi connectivity index (χ2v) is 5.70. The van der Waals surface area contributed by atoms with Gasteiger partial charge < -0.3 is 5.73 Å². The van der Waals surface area contributed by atoms with Gasteiger partial charge >= 0.3 is 0 Å².